The van der Waals surface area contributed by atoms with E-state index >= 15 is 0 Å². The summed E-state index contributed by atoms with van der Waals surface area (Å²) in [6, 6.07) is 4.69. The van der Waals surface area contributed by atoms with Gasteiger partial charge in [0.2, 0.25) is 5.88 Å². The molecule has 194 valence electrons. The van der Waals surface area contributed by atoms with E-state index in [2.05, 4.69) is 46.1 Å². The van der Waals surface area contributed by atoms with Crippen LogP contribution in [0.4, 0.5) is 11.5 Å². The van der Waals surface area contributed by atoms with Gasteiger partial charge in [-0.1, -0.05) is 11.6 Å². The number of carbonyl (C=O) groups excluding carboxylic acids is 1. The lowest BCUT2D eigenvalue weighted by Crippen LogP contribution is -2.42. The van der Waals surface area contributed by atoms with Gasteiger partial charge in [-0.15, -0.1) is 0 Å². The number of halogens is 1. The van der Waals surface area contributed by atoms with Gasteiger partial charge in [-0.2, -0.15) is 0 Å². The third-order valence-corrected chi connectivity index (χ3v) is 7.78. The summed E-state index contributed by atoms with van der Waals surface area (Å²) in [6.07, 6.45) is 6.68. The zero-order chi connectivity index (χ0) is 26.0. The average molecular weight is 514 g/mol. The molecule has 9 heteroatoms. The van der Waals surface area contributed by atoms with E-state index in [4.69, 9.17) is 16.3 Å². The Morgan fingerprint density at radius 1 is 1.22 bits per heavy atom. The van der Waals surface area contributed by atoms with E-state index in [0.717, 1.165) is 43.5 Å². The van der Waals surface area contributed by atoms with Crippen LogP contribution < -0.4 is 20.4 Å². The van der Waals surface area contributed by atoms with Gasteiger partial charge < -0.3 is 24.8 Å². The number of fused-ring (bicyclic) bond motifs is 1. The number of hydrogen-bond acceptors (Lipinski definition) is 6. The maximum atomic E-state index is 13.3. The number of H-pyrrole nitrogens is 1. The van der Waals surface area contributed by atoms with E-state index in [1.807, 2.05) is 13.0 Å². The summed E-state index contributed by atoms with van der Waals surface area (Å²) in [6.45, 7) is 4.99. The zero-order valence-electron chi connectivity index (χ0n) is 21.8. The number of anilines is 1. The molecule has 0 radical (unpaired) electrons. The van der Waals surface area contributed by atoms with Crippen LogP contribution in [0.2, 0.25) is 5.02 Å². The number of hydrogen-bond donors (Lipinski definition) is 2. The van der Waals surface area contributed by atoms with Gasteiger partial charge in [-0.05, 0) is 71.3 Å². The number of nitrogens with one attached hydrogen (secondary N) is 2. The predicted octanol–water partition coefficient (Wildman–Crippen LogP) is 4.23. The fraction of sp³-hybridized carbons (Fsp3) is 0.519. The number of methoxy groups -OCH3 is 1. The first-order valence-electron chi connectivity index (χ1n) is 12.6. The van der Waals surface area contributed by atoms with Crippen molar-refractivity contribution in [1.29, 1.82) is 0 Å². The molecule has 1 aromatic heterocycles. The van der Waals surface area contributed by atoms with Crippen LogP contribution in [0.1, 0.15) is 59.7 Å². The van der Waals surface area contributed by atoms with Crippen LogP contribution in [0.25, 0.3) is 0 Å². The van der Waals surface area contributed by atoms with Gasteiger partial charge in [0.1, 0.15) is 5.82 Å². The first kappa shape index (κ1) is 26.2. The highest BCUT2D eigenvalue weighted by molar-refractivity contribution is 6.31. The van der Waals surface area contributed by atoms with Crippen LogP contribution in [0, 0.1) is 6.92 Å². The third-order valence-electron chi connectivity index (χ3n) is 7.56. The van der Waals surface area contributed by atoms with Gasteiger partial charge >= 0.3 is 0 Å². The highest BCUT2D eigenvalue weighted by atomic mass is 35.5. The molecule has 1 amide bonds. The van der Waals surface area contributed by atoms with Crippen LogP contribution in [0.3, 0.4) is 0 Å². The predicted molar refractivity (Wildman–Crippen MR) is 146 cm³/mol. The molecule has 1 saturated carbocycles. The molecule has 0 unspecified atom stereocenters. The molecule has 2 heterocycles. The second-order valence-electron chi connectivity index (χ2n) is 9.80. The van der Waals surface area contributed by atoms with Crippen molar-refractivity contribution < 1.29 is 9.53 Å². The lowest BCUT2D eigenvalue weighted by molar-refractivity contribution is 0.0950. The maximum Gasteiger partial charge on any atom is 0.251 e. The topological polar surface area (TPSA) is 90.0 Å². The quantitative estimate of drug-likeness (QED) is 0.551. The van der Waals surface area contributed by atoms with E-state index in [0.29, 0.717) is 51.9 Å². The lowest BCUT2D eigenvalue weighted by atomic mass is 9.89. The summed E-state index contributed by atoms with van der Waals surface area (Å²) in [5.41, 5.74) is 3.20. The molecule has 1 aromatic carbocycles. The number of amides is 1. The van der Waals surface area contributed by atoms with Gasteiger partial charge in [-0.25, -0.2) is 4.99 Å². The highest BCUT2D eigenvalue weighted by Gasteiger charge is 2.28. The largest absolute Gasteiger partial charge is 0.482 e. The maximum absolute atomic E-state index is 13.3. The zero-order valence-corrected chi connectivity index (χ0v) is 22.5. The van der Waals surface area contributed by atoms with Gasteiger partial charge in [0.05, 0.1) is 19.2 Å². The summed E-state index contributed by atoms with van der Waals surface area (Å²) < 4.78 is 5.38. The van der Waals surface area contributed by atoms with Crippen molar-refractivity contribution in [1.82, 2.24) is 15.2 Å². The van der Waals surface area contributed by atoms with Crippen LogP contribution in [0.5, 0.6) is 5.88 Å². The first-order chi connectivity index (χ1) is 17.2. The summed E-state index contributed by atoms with van der Waals surface area (Å²) in [5, 5.41) is 3.43. The molecule has 0 spiro atoms. The molecule has 1 fully saturated rings. The van der Waals surface area contributed by atoms with Crippen molar-refractivity contribution in [2.24, 2.45) is 4.99 Å². The highest BCUT2D eigenvalue weighted by Crippen LogP contribution is 2.34. The Labute approximate surface area is 217 Å². The molecule has 4 rings (SSSR count). The van der Waals surface area contributed by atoms with Crippen LogP contribution >= 0.6 is 11.6 Å². The molecule has 0 bridgehead atoms. The van der Waals surface area contributed by atoms with E-state index in [-0.39, 0.29) is 17.9 Å². The molecule has 36 heavy (non-hydrogen) atoms. The van der Waals surface area contributed by atoms with E-state index < -0.39 is 0 Å². The molecule has 2 N–H and O–H groups in total. The molecule has 2 aliphatic rings. The SMILES string of the molecule is CCN(c1cc(Cl)cc(C(=O)NCc2c(OC)[nH]c3c(c2=O)CC=N3)c1C)C1CCC(N(C)C)CC1. The number of pyridine rings is 1. The Hall–Kier alpha value is -2.84. The van der Waals surface area contributed by atoms with E-state index in [1.54, 1.807) is 12.3 Å². The Kier molecular flexibility index (Phi) is 8.05. The fourth-order valence-electron chi connectivity index (χ4n) is 5.49. The van der Waals surface area contributed by atoms with Crippen molar-refractivity contribution in [2.75, 3.05) is 32.6 Å². The Morgan fingerprint density at radius 3 is 2.56 bits per heavy atom. The standard InChI is InChI=1S/C27H36ClN5O3/c1-6-33(19-9-7-18(8-10-19)32(3)4)23-14-17(28)13-21(16(23)2)26(35)30-15-22-24(34)20-11-12-29-25(20)31-27(22)36-5/h12-14,18-19H,6-11,15H2,1-5H3,(H,30,35)(H,31,34). The second-order valence-corrected chi connectivity index (χ2v) is 10.2. The molecular weight excluding hydrogens is 478 g/mol. The smallest absolute Gasteiger partial charge is 0.251 e. The van der Waals surface area contributed by atoms with Crippen molar-refractivity contribution in [3.05, 3.63) is 49.6 Å². The number of aromatic nitrogens is 1. The summed E-state index contributed by atoms with van der Waals surface area (Å²) in [5.74, 6) is 0.551. The molecule has 0 saturated heterocycles. The number of nitrogens with zero attached hydrogens (tertiary/aromatic N) is 3. The van der Waals surface area contributed by atoms with Gasteiger partial charge in [0, 0.05) is 53.1 Å². The lowest BCUT2D eigenvalue weighted by Gasteiger charge is -2.40. The number of benzene rings is 1. The Morgan fingerprint density at radius 2 is 1.92 bits per heavy atom. The van der Waals surface area contributed by atoms with E-state index in [9.17, 15) is 9.59 Å². The minimum atomic E-state index is -0.276. The number of rotatable bonds is 8. The van der Waals surface area contributed by atoms with Gasteiger partial charge in [0.15, 0.2) is 5.43 Å². The number of carbonyl (C=O) groups is 1. The van der Waals surface area contributed by atoms with Crippen molar-refractivity contribution in [2.45, 2.75) is 64.6 Å². The molecule has 0 atom stereocenters. The molecule has 1 aliphatic carbocycles. The summed E-state index contributed by atoms with van der Waals surface area (Å²) in [7, 11) is 5.78. The number of ether oxygens (including phenoxy) is 1. The molecule has 2 aromatic rings. The summed E-state index contributed by atoms with van der Waals surface area (Å²) in [4.78, 5) is 38.2. The minimum absolute atomic E-state index is 0.0396. The van der Waals surface area contributed by atoms with E-state index in [1.165, 1.54) is 7.11 Å². The van der Waals surface area contributed by atoms with Crippen LogP contribution in [-0.4, -0.2) is 61.8 Å². The minimum Gasteiger partial charge on any atom is -0.482 e. The second kappa shape index (κ2) is 11.0. The summed E-state index contributed by atoms with van der Waals surface area (Å²) >= 11 is 6.52. The fourth-order valence-corrected chi connectivity index (χ4v) is 5.70. The molecule has 8 nitrogen and oxygen atoms in total. The average Bonchev–Trinajstić information content (AvgIpc) is 3.34. The van der Waals surface area contributed by atoms with Crippen LogP contribution in [-0.2, 0) is 13.0 Å². The van der Waals surface area contributed by atoms with Gasteiger partial charge in [0.25, 0.3) is 5.91 Å². The normalized spacial score (nSPS) is 18.9. The monoisotopic (exact) mass is 513 g/mol. The molecular formula is C27H36ClN5O3. The van der Waals surface area contributed by atoms with Gasteiger partial charge in [-0.3, -0.25) is 9.59 Å². The third kappa shape index (κ3) is 5.15. The first-order valence-corrected chi connectivity index (χ1v) is 13.0. The molecule has 1 aliphatic heterocycles. The van der Waals surface area contributed by atoms with Crippen molar-refractivity contribution in [3.8, 4) is 5.88 Å². The number of aromatic amines is 1. The van der Waals surface area contributed by atoms with Crippen molar-refractivity contribution in [3.63, 3.8) is 0 Å². The van der Waals surface area contributed by atoms with Crippen LogP contribution in [0.15, 0.2) is 21.9 Å². The Bertz CT molecular complexity index is 1210. The van der Waals surface area contributed by atoms with Crippen molar-refractivity contribution >= 4 is 35.2 Å². The number of aliphatic imine (C=N–C) groups is 1. The Balaban J connectivity index is 1.55.